The molecule has 2 atom stereocenters. The lowest BCUT2D eigenvalue weighted by atomic mass is 9.64. The van der Waals surface area contributed by atoms with Crippen LogP contribution in [0.15, 0.2) is 30.3 Å². The molecule has 0 heterocycles. The van der Waals surface area contributed by atoms with Crippen molar-refractivity contribution in [1.29, 1.82) is 0 Å². The number of Topliss-reactive ketones (excluding diaryl/α,β-unsaturated/α-hetero) is 1. The van der Waals surface area contributed by atoms with Crippen LogP contribution in [-0.2, 0) is 4.79 Å². The number of hydrogen-bond acceptors (Lipinski definition) is 2. The minimum atomic E-state index is -0.0368. The van der Waals surface area contributed by atoms with Crippen LogP contribution in [0.5, 0.6) is 0 Å². The first-order chi connectivity index (χ1) is 9.92. The molecule has 1 amide bonds. The molecule has 1 saturated carbocycles. The van der Waals surface area contributed by atoms with Crippen molar-refractivity contribution in [3.05, 3.63) is 35.9 Å². The minimum absolute atomic E-state index is 0.00479. The molecule has 0 aliphatic heterocycles. The van der Waals surface area contributed by atoms with E-state index in [9.17, 15) is 9.59 Å². The lowest BCUT2D eigenvalue weighted by molar-refractivity contribution is -0.132. The molecular formula is C18H25NO2. The second-order valence-electron chi connectivity index (χ2n) is 6.84. The highest BCUT2D eigenvalue weighted by molar-refractivity contribution is 5.99. The van der Waals surface area contributed by atoms with Crippen LogP contribution in [-0.4, -0.2) is 18.2 Å². The molecular weight excluding hydrogens is 262 g/mol. The maximum atomic E-state index is 12.5. The highest BCUT2D eigenvalue weighted by Crippen LogP contribution is 2.43. The van der Waals surface area contributed by atoms with Crippen LogP contribution in [0.1, 0.15) is 50.4 Å². The van der Waals surface area contributed by atoms with Gasteiger partial charge in [0.05, 0.1) is 6.54 Å². The van der Waals surface area contributed by atoms with E-state index < -0.39 is 0 Å². The van der Waals surface area contributed by atoms with Crippen LogP contribution in [0.4, 0.5) is 0 Å². The number of nitrogens with one attached hydrogen (secondary N) is 1. The van der Waals surface area contributed by atoms with Crippen LogP contribution in [0.3, 0.4) is 0 Å². The Balaban J connectivity index is 1.96. The predicted octanol–water partition coefficient (Wildman–Crippen LogP) is 3.45. The van der Waals surface area contributed by atoms with Crippen LogP contribution < -0.4 is 5.32 Å². The van der Waals surface area contributed by atoms with E-state index in [-0.39, 0.29) is 29.6 Å². The average Bonchev–Trinajstić information content (AvgIpc) is 2.44. The van der Waals surface area contributed by atoms with Gasteiger partial charge in [0.15, 0.2) is 5.78 Å². The van der Waals surface area contributed by atoms with Gasteiger partial charge in [-0.25, -0.2) is 0 Å². The highest BCUT2D eigenvalue weighted by Gasteiger charge is 2.41. The Bertz CT molecular complexity index is 507. The quantitative estimate of drug-likeness (QED) is 0.862. The molecule has 1 aromatic carbocycles. The van der Waals surface area contributed by atoms with Crippen molar-refractivity contribution in [3.63, 3.8) is 0 Å². The molecule has 114 valence electrons. The fraction of sp³-hybridized carbons (Fsp3) is 0.556. The zero-order chi connectivity index (χ0) is 15.5. The molecule has 3 heteroatoms. The molecule has 0 bridgehead atoms. The lowest BCUT2D eigenvalue weighted by Crippen LogP contribution is -2.46. The third kappa shape index (κ3) is 3.72. The first-order valence-electron chi connectivity index (χ1n) is 7.78. The van der Waals surface area contributed by atoms with Gasteiger partial charge in [-0.3, -0.25) is 9.59 Å². The maximum absolute atomic E-state index is 12.5. The molecule has 1 N–H and O–H groups in total. The Kier molecular flexibility index (Phi) is 4.81. The van der Waals surface area contributed by atoms with Gasteiger partial charge >= 0.3 is 0 Å². The van der Waals surface area contributed by atoms with Crippen molar-refractivity contribution in [2.75, 3.05) is 6.54 Å². The summed E-state index contributed by atoms with van der Waals surface area (Å²) in [6.07, 6.45) is 3.34. The standard InChI is InChI=1S/C18H25NO2/c1-13-8-7-11-18(2,3)16(13)17(21)19-12-15(20)14-9-5-4-6-10-14/h4-6,9-10,13,16H,7-8,11-12H2,1-3H3,(H,19,21). The van der Waals surface area contributed by atoms with E-state index in [0.29, 0.717) is 11.5 Å². The molecule has 1 fully saturated rings. The summed E-state index contributed by atoms with van der Waals surface area (Å²) in [6.45, 7) is 6.55. The third-order valence-electron chi connectivity index (χ3n) is 4.69. The maximum Gasteiger partial charge on any atom is 0.224 e. The number of carbonyl (C=O) groups is 2. The number of rotatable bonds is 4. The molecule has 0 saturated heterocycles. The van der Waals surface area contributed by atoms with Crippen molar-refractivity contribution >= 4 is 11.7 Å². The first-order valence-corrected chi connectivity index (χ1v) is 7.78. The van der Waals surface area contributed by atoms with Gasteiger partial charge in [-0.2, -0.15) is 0 Å². The zero-order valence-electron chi connectivity index (χ0n) is 13.2. The van der Waals surface area contributed by atoms with Crippen molar-refractivity contribution in [2.45, 2.75) is 40.0 Å². The second-order valence-corrected chi connectivity index (χ2v) is 6.84. The molecule has 1 aliphatic carbocycles. The van der Waals surface area contributed by atoms with E-state index >= 15 is 0 Å². The van der Waals surface area contributed by atoms with Crippen molar-refractivity contribution < 1.29 is 9.59 Å². The fourth-order valence-corrected chi connectivity index (χ4v) is 3.59. The SMILES string of the molecule is CC1CCCC(C)(C)C1C(=O)NCC(=O)c1ccccc1. The van der Waals surface area contributed by atoms with E-state index in [2.05, 4.69) is 26.1 Å². The Labute approximate surface area is 127 Å². The van der Waals surface area contributed by atoms with E-state index in [1.54, 1.807) is 12.1 Å². The molecule has 0 radical (unpaired) electrons. The summed E-state index contributed by atoms with van der Waals surface area (Å²) in [6, 6.07) is 9.10. The number of carbonyl (C=O) groups excluding carboxylic acids is 2. The van der Waals surface area contributed by atoms with Crippen LogP contribution in [0.25, 0.3) is 0 Å². The van der Waals surface area contributed by atoms with Crippen molar-refractivity contribution in [1.82, 2.24) is 5.32 Å². The van der Waals surface area contributed by atoms with Gasteiger partial charge in [-0.15, -0.1) is 0 Å². The van der Waals surface area contributed by atoms with E-state index in [0.717, 1.165) is 12.8 Å². The zero-order valence-corrected chi connectivity index (χ0v) is 13.2. The summed E-state index contributed by atoms with van der Waals surface area (Å²) in [5, 5.41) is 2.85. The van der Waals surface area contributed by atoms with Gasteiger partial charge in [0, 0.05) is 11.5 Å². The largest absolute Gasteiger partial charge is 0.348 e. The fourth-order valence-electron chi connectivity index (χ4n) is 3.59. The van der Waals surface area contributed by atoms with E-state index in [1.165, 1.54) is 6.42 Å². The Morgan fingerprint density at radius 3 is 2.52 bits per heavy atom. The van der Waals surface area contributed by atoms with Gasteiger partial charge in [-0.1, -0.05) is 57.5 Å². The smallest absolute Gasteiger partial charge is 0.224 e. The number of amides is 1. The average molecular weight is 287 g/mol. The molecule has 0 aromatic heterocycles. The van der Waals surface area contributed by atoms with Gasteiger partial charge in [0.25, 0.3) is 0 Å². The molecule has 2 rings (SSSR count). The molecule has 2 unspecified atom stereocenters. The third-order valence-corrected chi connectivity index (χ3v) is 4.69. The number of hydrogen-bond donors (Lipinski definition) is 1. The summed E-state index contributed by atoms with van der Waals surface area (Å²) < 4.78 is 0. The first kappa shape index (κ1) is 15.7. The second kappa shape index (κ2) is 6.42. The molecule has 21 heavy (non-hydrogen) atoms. The van der Waals surface area contributed by atoms with Gasteiger partial charge in [0.2, 0.25) is 5.91 Å². The van der Waals surface area contributed by atoms with Crippen molar-refractivity contribution in [2.24, 2.45) is 17.3 Å². The van der Waals surface area contributed by atoms with Crippen LogP contribution in [0.2, 0.25) is 0 Å². The topological polar surface area (TPSA) is 46.2 Å². The Morgan fingerprint density at radius 2 is 1.90 bits per heavy atom. The molecule has 3 nitrogen and oxygen atoms in total. The molecule has 0 spiro atoms. The Morgan fingerprint density at radius 1 is 1.24 bits per heavy atom. The summed E-state index contributed by atoms with van der Waals surface area (Å²) in [5.74, 6) is 0.358. The van der Waals surface area contributed by atoms with E-state index in [1.807, 2.05) is 18.2 Å². The Hall–Kier alpha value is -1.64. The summed E-state index contributed by atoms with van der Waals surface area (Å²) >= 11 is 0. The number of ketones is 1. The normalized spacial score (nSPS) is 24.3. The molecule has 1 aliphatic rings. The van der Waals surface area contributed by atoms with Crippen molar-refractivity contribution in [3.8, 4) is 0 Å². The summed E-state index contributed by atoms with van der Waals surface area (Å²) in [4.78, 5) is 24.6. The minimum Gasteiger partial charge on any atom is -0.348 e. The highest BCUT2D eigenvalue weighted by atomic mass is 16.2. The lowest BCUT2D eigenvalue weighted by Gasteiger charge is -2.41. The van der Waals surface area contributed by atoms with Gasteiger partial charge in [0.1, 0.15) is 0 Å². The molecule has 1 aromatic rings. The summed E-state index contributed by atoms with van der Waals surface area (Å²) in [7, 11) is 0. The van der Waals surface area contributed by atoms with Crippen LogP contribution in [0, 0.1) is 17.3 Å². The number of benzene rings is 1. The van der Waals surface area contributed by atoms with Crippen LogP contribution >= 0.6 is 0 Å². The van der Waals surface area contributed by atoms with Gasteiger partial charge in [-0.05, 0) is 24.2 Å². The predicted molar refractivity (Wildman–Crippen MR) is 84.1 cm³/mol. The van der Waals surface area contributed by atoms with Gasteiger partial charge < -0.3 is 5.32 Å². The summed E-state index contributed by atoms with van der Waals surface area (Å²) in [5.41, 5.74) is 0.658. The monoisotopic (exact) mass is 287 g/mol. The van der Waals surface area contributed by atoms with E-state index in [4.69, 9.17) is 0 Å².